The van der Waals surface area contributed by atoms with Crippen molar-refractivity contribution < 1.29 is 22.4 Å². The lowest BCUT2D eigenvalue weighted by Crippen LogP contribution is -2.14. The van der Waals surface area contributed by atoms with Crippen LogP contribution in [0, 0.1) is 27.7 Å². The standard InChI is InChI=1S/C27H25NO6S/c1-16-5-6-18(3)24(13-16)35(31,32)28-22-10-8-20(9-11-22)27(30)33-15-21-14-25(29)34-26-19(4)17(2)7-12-23(21)26/h5-14,28H,15H2,1-4H3. The van der Waals surface area contributed by atoms with Gasteiger partial charge in [0.15, 0.2) is 0 Å². The predicted molar refractivity (Wildman–Crippen MR) is 134 cm³/mol. The summed E-state index contributed by atoms with van der Waals surface area (Å²) in [6.45, 7) is 7.24. The molecular formula is C27H25NO6S. The molecule has 0 radical (unpaired) electrons. The molecule has 0 aliphatic carbocycles. The summed E-state index contributed by atoms with van der Waals surface area (Å²) in [5.41, 5.74) is 4.39. The van der Waals surface area contributed by atoms with Gasteiger partial charge in [-0.1, -0.05) is 24.3 Å². The molecule has 180 valence electrons. The number of carbonyl (C=O) groups is 1. The lowest BCUT2D eigenvalue weighted by molar-refractivity contribution is 0.0474. The summed E-state index contributed by atoms with van der Waals surface area (Å²) in [5, 5.41) is 0.705. The van der Waals surface area contributed by atoms with Gasteiger partial charge in [0.1, 0.15) is 12.2 Å². The molecule has 1 heterocycles. The van der Waals surface area contributed by atoms with E-state index in [2.05, 4.69) is 4.72 Å². The van der Waals surface area contributed by atoms with Crippen LogP contribution in [0.25, 0.3) is 11.0 Å². The lowest BCUT2D eigenvalue weighted by Gasteiger charge is -2.12. The molecule has 0 amide bonds. The van der Waals surface area contributed by atoms with Crippen LogP contribution in [0.1, 0.15) is 38.2 Å². The second-order valence-electron chi connectivity index (χ2n) is 8.50. The van der Waals surface area contributed by atoms with Crippen LogP contribution in [0.2, 0.25) is 0 Å². The predicted octanol–water partition coefficient (Wildman–Crippen LogP) is 5.18. The van der Waals surface area contributed by atoms with E-state index in [0.29, 0.717) is 27.8 Å². The first-order valence-electron chi connectivity index (χ1n) is 11.0. The zero-order valence-corrected chi connectivity index (χ0v) is 20.7. The molecule has 0 saturated carbocycles. The summed E-state index contributed by atoms with van der Waals surface area (Å²) in [7, 11) is -3.78. The Morgan fingerprint density at radius 1 is 0.914 bits per heavy atom. The molecule has 0 unspecified atom stereocenters. The summed E-state index contributed by atoms with van der Waals surface area (Å²) in [5.74, 6) is -0.598. The molecule has 0 aliphatic heterocycles. The Kier molecular flexibility index (Phi) is 6.49. The topological polar surface area (TPSA) is 103 Å². The number of carbonyl (C=O) groups excluding carboxylic acids is 1. The van der Waals surface area contributed by atoms with E-state index in [-0.39, 0.29) is 17.1 Å². The number of sulfonamides is 1. The van der Waals surface area contributed by atoms with Gasteiger partial charge in [-0.3, -0.25) is 4.72 Å². The number of aryl methyl sites for hydroxylation is 4. The van der Waals surface area contributed by atoms with Crippen molar-refractivity contribution in [3.8, 4) is 0 Å². The van der Waals surface area contributed by atoms with Gasteiger partial charge >= 0.3 is 11.6 Å². The van der Waals surface area contributed by atoms with E-state index in [1.54, 1.807) is 19.1 Å². The summed E-state index contributed by atoms with van der Waals surface area (Å²) >= 11 is 0. The number of rotatable bonds is 6. The van der Waals surface area contributed by atoms with E-state index >= 15 is 0 Å². The maximum atomic E-state index is 12.8. The number of ether oxygens (including phenoxy) is 1. The molecule has 0 spiro atoms. The van der Waals surface area contributed by atoms with Crippen LogP contribution >= 0.6 is 0 Å². The SMILES string of the molecule is Cc1ccc(C)c(S(=O)(=O)Nc2ccc(C(=O)OCc3cc(=O)oc4c(C)c(C)ccc34)cc2)c1. The largest absolute Gasteiger partial charge is 0.457 e. The van der Waals surface area contributed by atoms with Gasteiger partial charge in [-0.25, -0.2) is 18.0 Å². The van der Waals surface area contributed by atoms with Gasteiger partial charge in [-0.2, -0.15) is 0 Å². The molecule has 3 aromatic carbocycles. The van der Waals surface area contributed by atoms with Gasteiger partial charge < -0.3 is 9.15 Å². The first kappa shape index (κ1) is 24.2. The molecule has 35 heavy (non-hydrogen) atoms. The third-order valence-electron chi connectivity index (χ3n) is 5.88. The Labute approximate surface area is 203 Å². The molecule has 0 aliphatic rings. The van der Waals surface area contributed by atoms with Crippen LogP contribution in [0.3, 0.4) is 0 Å². The minimum atomic E-state index is -3.78. The van der Waals surface area contributed by atoms with Gasteiger partial charge in [-0.05, 0) is 80.3 Å². The Balaban J connectivity index is 1.49. The van der Waals surface area contributed by atoms with E-state index in [1.807, 2.05) is 39.0 Å². The highest BCUT2D eigenvalue weighted by Gasteiger charge is 2.18. The normalized spacial score (nSPS) is 11.4. The molecule has 4 aromatic rings. The highest BCUT2D eigenvalue weighted by molar-refractivity contribution is 7.92. The van der Waals surface area contributed by atoms with Crippen molar-refractivity contribution in [1.29, 1.82) is 0 Å². The average Bonchev–Trinajstić information content (AvgIpc) is 2.81. The third kappa shape index (κ3) is 5.12. The van der Waals surface area contributed by atoms with Gasteiger partial charge in [0.25, 0.3) is 10.0 Å². The molecule has 4 rings (SSSR count). The molecule has 0 atom stereocenters. The van der Waals surface area contributed by atoms with Crippen molar-refractivity contribution in [3.63, 3.8) is 0 Å². The van der Waals surface area contributed by atoms with Crippen LogP contribution in [-0.4, -0.2) is 14.4 Å². The Morgan fingerprint density at radius 3 is 2.31 bits per heavy atom. The minimum absolute atomic E-state index is 0.107. The van der Waals surface area contributed by atoms with Crippen LogP contribution in [0.4, 0.5) is 5.69 Å². The van der Waals surface area contributed by atoms with Crippen molar-refractivity contribution in [2.75, 3.05) is 4.72 Å². The number of fused-ring (bicyclic) bond motifs is 1. The summed E-state index contributed by atoms with van der Waals surface area (Å²) in [6.07, 6.45) is 0. The van der Waals surface area contributed by atoms with Gasteiger partial charge in [-0.15, -0.1) is 0 Å². The minimum Gasteiger partial charge on any atom is -0.457 e. The number of esters is 1. The molecule has 0 fully saturated rings. The molecule has 1 aromatic heterocycles. The first-order chi connectivity index (χ1) is 16.5. The molecule has 1 N–H and O–H groups in total. The van der Waals surface area contributed by atoms with Crippen molar-refractivity contribution in [1.82, 2.24) is 0 Å². The van der Waals surface area contributed by atoms with Crippen molar-refractivity contribution in [2.24, 2.45) is 0 Å². The van der Waals surface area contributed by atoms with Crippen molar-refractivity contribution in [2.45, 2.75) is 39.2 Å². The van der Waals surface area contributed by atoms with Crippen molar-refractivity contribution in [3.05, 3.63) is 104 Å². The average molecular weight is 492 g/mol. The van der Waals surface area contributed by atoms with Crippen LogP contribution < -0.4 is 10.3 Å². The quantitative estimate of drug-likeness (QED) is 0.294. The first-order valence-corrected chi connectivity index (χ1v) is 12.4. The fourth-order valence-corrected chi connectivity index (χ4v) is 5.14. The van der Waals surface area contributed by atoms with Crippen LogP contribution in [0.15, 0.2) is 74.8 Å². The maximum Gasteiger partial charge on any atom is 0.338 e. The second kappa shape index (κ2) is 9.38. The molecule has 0 saturated heterocycles. The number of hydrogen-bond donors (Lipinski definition) is 1. The number of benzene rings is 3. The van der Waals surface area contributed by atoms with Gasteiger partial charge in [0, 0.05) is 22.7 Å². The van der Waals surface area contributed by atoms with E-state index < -0.39 is 21.6 Å². The zero-order chi connectivity index (χ0) is 25.3. The van der Waals surface area contributed by atoms with E-state index in [1.165, 1.54) is 30.3 Å². The highest BCUT2D eigenvalue weighted by atomic mass is 32.2. The van der Waals surface area contributed by atoms with Gasteiger partial charge in [0.05, 0.1) is 10.5 Å². The van der Waals surface area contributed by atoms with Crippen LogP contribution in [0.5, 0.6) is 0 Å². The fraction of sp³-hybridized carbons (Fsp3) is 0.185. The number of hydrogen-bond acceptors (Lipinski definition) is 6. The zero-order valence-electron chi connectivity index (χ0n) is 19.8. The summed E-state index contributed by atoms with van der Waals surface area (Å²) in [6, 6.07) is 16.2. The monoisotopic (exact) mass is 491 g/mol. The molecule has 8 heteroatoms. The smallest absolute Gasteiger partial charge is 0.338 e. The van der Waals surface area contributed by atoms with Crippen molar-refractivity contribution >= 4 is 32.6 Å². The summed E-state index contributed by atoms with van der Waals surface area (Å²) < 4.78 is 38.9. The second-order valence-corrected chi connectivity index (χ2v) is 10.2. The maximum absolute atomic E-state index is 12.8. The van der Waals surface area contributed by atoms with E-state index in [4.69, 9.17) is 9.15 Å². The van der Waals surface area contributed by atoms with E-state index in [9.17, 15) is 18.0 Å². The fourth-order valence-electron chi connectivity index (χ4n) is 3.75. The highest BCUT2D eigenvalue weighted by Crippen LogP contribution is 2.24. The molecular weight excluding hydrogens is 466 g/mol. The molecule has 0 bridgehead atoms. The van der Waals surface area contributed by atoms with Crippen LogP contribution in [-0.2, 0) is 21.4 Å². The third-order valence-corrected chi connectivity index (χ3v) is 7.41. The Hall–Kier alpha value is -3.91. The number of anilines is 1. The Bertz CT molecular complexity index is 1600. The summed E-state index contributed by atoms with van der Waals surface area (Å²) in [4.78, 5) is 24.8. The lowest BCUT2D eigenvalue weighted by atomic mass is 10.0. The van der Waals surface area contributed by atoms with E-state index in [0.717, 1.165) is 16.7 Å². The number of nitrogens with one attached hydrogen (secondary N) is 1. The molecule has 7 nitrogen and oxygen atoms in total. The Morgan fingerprint density at radius 2 is 1.60 bits per heavy atom. The van der Waals surface area contributed by atoms with Gasteiger partial charge in [0.2, 0.25) is 0 Å².